The van der Waals surface area contributed by atoms with Gasteiger partial charge in [0.15, 0.2) is 0 Å². The van der Waals surface area contributed by atoms with Crippen LogP contribution in [0.5, 0.6) is 5.88 Å². The van der Waals surface area contributed by atoms with E-state index >= 15 is 0 Å². The van der Waals surface area contributed by atoms with Crippen LogP contribution in [0.2, 0.25) is 0 Å². The van der Waals surface area contributed by atoms with E-state index in [9.17, 15) is 4.39 Å². The fourth-order valence-corrected chi connectivity index (χ4v) is 2.25. The van der Waals surface area contributed by atoms with Gasteiger partial charge in [0.1, 0.15) is 17.9 Å². The maximum Gasteiger partial charge on any atom is 0.238 e. The lowest BCUT2D eigenvalue weighted by Crippen LogP contribution is -1.98. The number of aryl methyl sites for hydroxylation is 2. The number of hydrogen-bond donors (Lipinski definition) is 1. The van der Waals surface area contributed by atoms with Gasteiger partial charge in [-0.05, 0) is 43.2 Å². The standard InChI is InChI=1S/C16H15FN2O/c1-10-11(2)19-15-14(10)6-7-18-16(15)20-9-12-4-3-5-13(17)8-12/h3-8,19H,9H2,1-2H3. The quantitative estimate of drug-likeness (QED) is 0.783. The summed E-state index contributed by atoms with van der Waals surface area (Å²) >= 11 is 0. The first kappa shape index (κ1) is 12.7. The monoisotopic (exact) mass is 270 g/mol. The van der Waals surface area contributed by atoms with E-state index in [4.69, 9.17) is 4.74 Å². The number of aromatic amines is 1. The molecule has 2 heterocycles. The van der Waals surface area contributed by atoms with Crippen molar-refractivity contribution >= 4 is 10.9 Å². The number of halogens is 1. The van der Waals surface area contributed by atoms with Gasteiger partial charge in [0.05, 0.1) is 0 Å². The first-order chi connectivity index (χ1) is 9.65. The molecule has 0 saturated heterocycles. The van der Waals surface area contributed by atoms with Crippen molar-refractivity contribution in [2.45, 2.75) is 20.5 Å². The van der Waals surface area contributed by atoms with Crippen LogP contribution in [0.4, 0.5) is 4.39 Å². The third-order valence-electron chi connectivity index (χ3n) is 3.46. The maximum atomic E-state index is 13.1. The minimum absolute atomic E-state index is 0.260. The average Bonchev–Trinajstić information content (AvgIpc) is 2.73. The van der Waals surface area contributed by atoms with Gasteiger partial charge < -0.3 is 9.72 Å². The molecule has 0 radical (unpaired) electrons. The summed E-state index contributed by atoms with van der Waals surface area (Å²) in [5, 5.41) is 1.10. The second-order valence-corrected chi connectivity index (χ2v) is 4.83. The Balaban J connectivity index is 1.90. The molecule has 4 heteroatoms. The van der Waals surface area contributed by atoms with Crippen molar-refractivity contribution < 1.29 is 9.13 Å². The summed E-state index contributed by atoms with van der Waals surface area (Å²) in [6.07, 6.45) is 1.73. The highest BCUT2D eigenvalue weighted by atomic mass is 19.1. The van der Waals surface area contributed by atoms with Crippen molar-refractivity contribution in [1.29, 1.82) is 0 Å². The van der Waals surface area contributed by atoms with Crippen LogP contribution < -0.4 is 4.74 Å². The molecule has 0 aliphatic rings. The Morgan fingerprint density at radius 2 is 2.10 bits per heavy atom. The summed E-state index contributed by atoms with van der Waals surface area (Å²) in [6.45, 7) is 4.37. The highest BCUT2D eigenvalue weighted by Crippen LogP contribution is 2.27. The Bertz CT molecular complexity index is 764. The van der Waals surface area contributed by atoms with Crippen LogP contribution in [0.25, 0.3) is 10.9 Å². The fraction of sp³-hybridized carbons (Fsp3) is 0.188. The first-order valence-corrected chi connectivity index (χ1v) is 6.46. The van der Waals surface area contributed by atoms with E-state index in [1.54, 1.807) is 12.3 Å². The van der Waals surface area contributed by atoms with Gasteiger partial charge in [0.25, 0.3) is 0 Å². The predicted molar refractivity (Wildman–Crippen MR) is 76.3 cm³/mol. The van der Waals surface area contributed by atoms with E-state index < -0.39 is 0 Å². The van der Waals surface area contributed by atoms with Crippen LogP contribution >= 0.6 is 0 Å². The molecule has 3 nitrogen and oxygen atoms in total. The van der Waals surface area contributed by atoms with Gasteiger partial charge >= 0.3 is 0 Å². The van der Waals surface area contributed by atoms with Crippen LogP contribution in [-0.2, 0) is 6.61 Å². The fourth-order valence-electron chi connectivity index (χ4n) is 2.25. The summed E-state index contributed by atoms with van der Waals surface area (Å²) in [5.74, 6) is 0.284. The Kier molecular flexibility index (Phi) is 3.14. The molecule has 0 aliphatic carbocycles. The van der Waals surface area contributed by atoms with Crippen molar-refractivity contribution in [3.05, 3.63) is 59.2 Å². The summed E-state index contributed by atoms with van der Waals surface area (Å²) in [5.41, 5.74) is 3.96. The van der Waals surface area contributed by atoms with Gasteiger partial charge in [0.2, 0.25) is 5.88 Å². The molecule has 3 rings (SSSR count). The molecule has 2 aromatic heterocycles. The molecule has 0 fully saturated rings. The molecule has 1 aromatic carbocycles. The number of benzene rings is 1. The number of aromatic nitrogens is 2. The number of H-pyrrole nitrogens is 1. The molecule has 1 N–H and O–H groups in total. The van der Waals surface area contributed by atoms with E-state index in [1.165, 1.54) is 17.7 Å². The van der Waals surface area contributed by atoms with E-state index in [0.717, 1.165) is 22.2 Å². The van der Waals surface area contributed by atoms with Crippen molar-refractivity contribution in [1.82, 2.24) is 9.97 Å². The summed E-state index contributed by atoms with van der Waals surface area (Å²) < 4.78 is 18.8. The Labute approximate surface area is 116 Å². The molecule has 102 valence electrons. The molecule has 0 bridgehead atoms. The molecule has 3 aromatic rings. The molecule has 0 atom stereocenters. The third kappa shape index (κ3) is 2.25. The summed E-state index contributed by atoms with van der Waals surface area (Å²) in [4.78, 5) is 7.53. The van der Waals surface area contributed by atoms with Crippen molar-refractivity contribution in [3.63, 3.8) is 0 Å². The lowest BCUT2D eigenvalue weighted by atomic mass is 10.2. The number of nitrogens with one attached hydrogen (secondary N) is 1. The zero-order valence-electron chi connectivity index (χ0n) is 11.4. The average molecular weight is 270 g/mol. The molecular formula is C16H15FN2O. The number of nitrogens with zero attached hydrogens (tertiary/aromatic N) is 1. The lowest BCUT2D eigenvalue weighted by molar-refractivity contribution is 0.297. The van der Waals surface area contributed by atoms with Crippen LogP contribution in [0.15, 0.2) is 36.5 Å². The van der Waals surface area contributed by atoms with Gasteiger partial charge in [-0.25, -0.2) is 9.37 Å². The zero-order chi connectivity index (χ0) is 14.1. The van der Waals surface area contributed by atoms with Crippen LogP contribution in [-0.4, -0.2) is 9.97 Å². The van der Waals surface area contributed by atoms with E-state index in [-0.39, 0.29) is 5.82 Å². The molecule has 0 amide bonds. The SMILES string of the molecule is Cc1[nH]c2c(OCc3cccc(F)c3)nccc2c1C. The van der Waals surface area contributed by atoms with Crippen LogP contribution in [0.1, 0.15) is 16.8 Å². The van der Waals surface area contributed by atoms with Gasteiger partial charge in [-0.1, -0.05) is 12.1 Å². The van der Waals surface area contributed by atoms with E-state index in [1.807, 2.05) is 19.1 Å². The summed E-state index contributed by atoms with van der Waals surface area (Å²) in [6, 6.07) is 8.34. The highest BCUT2D eigenvalue weighted by molar-refractivity contribution is 5.87. The van der Waals surface area contributed by atoms with Crippen molar-refractivity contribution in [3.8, 4) is 5.88 Å². The molecular weight excluding hydrogens is 255 g/mol. The molecule has 0 aliphatic heterocycles. The maximum absolute atomic E-state index is 13.1. The number of hydrogen-bond acceptors (Lipinski definition) is 2. The number of rotatable bonds is 3. The second-order valence-electron chi connectivity index (χ2n) is 4.83. The van der Waals surface area contributed by atoms with Gasteiger partial charge in [0, 0.05) is 17.3 Å². The Morgan fingerprint density at radius 3 is 2.90 bits per heavy atom. The third-order valence-corrected chi connectivity index (χ3v) is 3.46. The first-order valence-electron chi connectivity index (χ1n) is 6.46. The lowest BCUT2D eigenvalue weighted by Gasteiger charge is -2.06. The molecule has 0 unspecified atom stereocenters. The summed E-state index contributed by atoms with van der Waals surface area (Å²) in [7, 11) is 0. The topological polar surface area (TPSA) is 37.9 Å². The van der Waals surface area contributed by atoms with Crippen molar-refractivity contribution in [2.24, 2.45) is 0 Å². The van der Waals surface area contributed by atoms with Gasteiger partial charge in [-0.3, -0.25) is 0 Å². The minimum Gasteiger partial charge on any atom is -0.471 e. The van der Waals surface area contributed by atoms with E-state index in [0.29, 0.717) is 12.5 Å². The largest absolute Gasteiger partial charge is 0.471 e. The van der Waals surface area contributed by atoms with Crippen molar-refractivity contribution in [2.75, 3.05) is 0 Å². The number of pyridine rings is 1. The minimum atomic E-state index is -0.260. The van der Waals surface area contributed by atoms with E-state index in [2.05, 4.69) is 16.9 Å². The van der Waals surface area contributed by atoms with Gasteiger partial charge in [-0.15, -0.1) is 0 Å². The predicted octanol–water partition coefficient (Wildman–Crippen LogP) is 3.90. The molecule has 20 heavy (non-hydrogen) atoms. The molecule has 0 saturated carbocycles. The smallest absolute Gasteiger partial charge is 0.238 e. The number of ether oxygens (including phenoxy) is 1. The Morgan fingerprint density at radius 1 is 1.25 bits per heavy atom. The number of fused-ring (bicyclic) bond motifs is 1. The zero-order valence-corrected chi connectivity index (χ0v) is 11.4. The second kappa shape index (κ2) is 4.96. The van der Waals surface area contributed by atoms with Crippen LogP contribution in [0.3, 0.4) is 0 Å². The van der Waals surface area contributed by atoms with Gasteiger partial charge in [-0.2, -0.15) is 0 Å². The molecule has 0 spiro atoms. The normalized spacial score (nSPS) is 10.9. The highest BCUT2D eigenvalue weighted by Gasteiger charge is 2.10. The Hall–Kier alpha value is -2.36. The van der Waals surface area contributed by atoms with Crippen LogP contribution in [0, 0.1) is 19.7 Å².